The van der Waals surface area contributed by atoms with E-state index < -0.39 is 10.0 Å². The molecule has 0 heterocycles. The van der Waals surface area contributed by atoms with E-state index in [1.54, 1.807) is 12.1 Å². The molecule has 19 heavy (non-hydrogen) atoms. The summed E-state index contributed by atoms with van der Waals surface area (Å²) in [6.45, 7) is 0.308. The third kappa shape index (κ3) is 4.06. The van der Waals surface area contributed by atoms with Crippen LogP contribution < -0.4 is 10.5 Å². The van der Waals surface area contributed by atoms with Crippen molar-refractivity contribution >= 4 is 50.0 Å². The fourth-order valence-corrected chi connectivity index (χ4v) is 4.34. The van der Waals surface area contributed by atoms with Gasteiger partial charge in [-0.05, 0) is 46.8 Å². The van der Waals surface area contributed by atoms with Crippen LogP contribution in [0.15, 0.2) is 27.6 Å². The van der Waals surface area contributed by atoms with Gasteiger partial charge in [0.1, 0.15) is 0 Å². The fraction of sp³-hybridized carbons (Fsp3) is 0.455. The van der Waals surface area contributed by atoms with Crippen molar-refractivity contribution in [1.82, 2.24) is 4.72 Å². The zero-order valence-corrected chi connectivity index (χ0v) is 13.9. The molecule has 0 bridgehead atoms. The van der Waals surface area contributed by atoms with Gasteiger partial charge in [-0.15, -0.1) is 12.4 Å². The molecule has 1 saturated carbocycles. The third-order valence-corrected chi connectivity index (χ3v) is 6.15. The van der Waals surface area contributed by atoms with Crippen molar-refractivity contribution in [3.8, 4) is 0 Å². The summed E-state index contributed by atoms with van der Waals surface area (Å²) in [6, 6.07) is 4.56. The molecule has 1 aromatic carbocycles. The van der Waals surface area contributed by atoms with Crippen LogP contribution in [0.3, 0.4) is 0 Å². The van der Waals surface area contributed by atoms with E-state index in [4.69, 9.17) is 17.3 Å². The molecule has 1 aliphatic carbocycles. The van der Waals surface area contributed by atoms with Crippen LogP contribution in [0.5, 0.6) is 0 Å². The van der Waals surface area contributed by atoms with Gasteiger partial charge in [-0.1, -0.05) is 17.7 Å². The summed E-state index contributed by atoms with van der Waals surface area (Å²) in [6.07, 6.45) is 2.06. The van der Waals surface area contributed by atoms with Gasteiger partial charge in [-0.3, -0.25) is 0 Å². The third-order valence-electron chi connectivity index (χ3n) is 2.96. The molecule has 1 unspecified atom stereocenters. The summed E-state index contributed by atoms with van der Waals surface area (Å²) in [5.74, 6) is 0.364. The van der Waals surface area contributed by atoms with Crippen molar-refractivity contribution in [2.75, 3.05) is 6.54 Å². The smallest absolute Gasteiger partial charge is 0.242 e. The quantitative estimate of drug-likeness (QED) is 0.812. The number of rotatable bonds is 5. The van der Waals surface area contributed by atoms with Crippen molar-refractivity contribution in [1.29, 1.82) is 0 Å². The van der Waals surface area contributed by atoms with E-state index in [-0.39, 0.29) is 23.3 Å². The van der Waals surface area contributed by atoms with Gasteiger partial charge in [-0.25, -0.2) is 13.1 Å². The van der Waals surface area contributed by atoms with Crippen LogP contribution in [0.2, 0.25) is 5.02 Å². The molecule has 0 amide bonds. The van der Waals surface area contributed by atoms with E-state index in [2.05, 4.69) is 20.7 Å². The Hall–Kier alpha value is 0.150. The molecular formula is C11H15BrCl2N2O2S. The molecule has 1 atom stereocenters. The molecule has 3 N–H and O–H groups in total. The molecular weight excluding hydrogens is 375 g/mol. The Morgan fingerprint density at radius 1 is 1.47 bits per heavy atom. The van der Waals surface area contributed by atoms with Crippen molar-refractivity contribution in [2.24, 2.45) is 11.7 Å². The van der Waals surface area contributed by atoms with Crippen molar-refractivity contribution in [3.63, 3.8) is 0 Å². The number of halogens is 3. The standard InChI is InChI=1S/C11H14BrClN2O2S.ClH/c12-11-8(13)2-1-3-10(11)18(16,17)15-9(6-14)7-4-5-7;/h1-3,7,9,15H,4-6,14H2;1H. The summed E-state index contributed by atoms with van der Waals surface area (Å²) in [4.78, 5) is 0.147. The second kappa shape index (κ2) is 6.74. The highest BCUT2D eigenvalue weighted by Crippen LogP contribution is 2.34. The summed E-state index contributed by atoms with van der Waals surface area (Å²) in [5, 5.41) is 0.369. The average molecular weight is 390 g/mol. The first kappa shape index (κ1) is 17.2. The van der Waals surface area contributed by atoms with Crippen LogP contribution in [-0.2, 0) is 10.0 Å². The van der Waals surface area contributed by atoms with Gasteiger partial charge in [0.15, 0.2) is 0 Å². The first-order chi connectivity index (χ1) is 8.45. The molecule has 1 fully saturated rings. The zero-order valence-electron chi connectivity index (χ0n) is 9.97. The van der Waals surface area contributed by atoms with Gasteiger partial charge < -0.3 is 5.73 Å². The molecule has 1 aliphatic rings. The van der Waals surface area contributed by atoms with Crippen LogP contribution in [0.1, 0.15) is 12.8 Å². The van der Waals surface area contributed by atoms with E-state index in [0.29, 0.717) is 22.0 Å². The summed E-state index contributed by atoms with van der Waals surface area (Å²) in [5.41, 5.74) is 5.60. The minimum Gasteiger partial charge on any atom is -0.329 e. The highest BCUT2D eigenvalue weighted by Gasteiger charge is 2.34. The molecule has 4 nitrogen and oxygen atoms in total. The lowest BCUT2D eigenvalue weighted by Gasteiger charge is -2.17. The van der Waals surface area contributed by atoms with E-state index in [1.165, 1.54) is 6.07 Å². The molecule has 0 radical (unpaired) electrons. The maximum Gasteiger partial charge on any atom is 0.242 e. The minimum absolute atomic E-state index is 0. The fourth-order valence-electron chi connectivity index (χ4n) is 1.79. The highest BCUT2D eigenvalue weighted by atomic mass is 79.9. The molecule has 0 spiro atoms. The molecule has 0 aliphatic heterocycles. The number of hydrogen-bond donors (Lipinski definition) is 2. The Kier molecular flexibility index (Phi) is 6.10. The first-order valence-electron chi connectivity index (χ1n) is 5.62. The van der Waals surface area contributed by atoms with Gasteiger partial charge in [0.2, 0.25) is 10.0 Å². The zero-order chi connectivity index (χ0) is 13.3. The SMILES string of the molecule is Cl.NCC(NS(=O)(=O)c1cccc(Cl)c1Br)C1CC1. The molecule has 8 heteroatoms. The lowest BCUT2D eigenvalue weighted by Crippen LogP contribution is -2.41. The van der Waals surface area contributed by atoms with E-state index in [1.807, 2.05) is 0 Å². The topological polar surface area (TPSA) is 72.2 Å². The lowest BCUT2D eigenvalue weighted by molar-refractivity contribution is 0.519. The lowest BCUT2D eigenvalue weighted by atomic mass is 10.2. The van der Waals surface area contributed by atoms with Crippen molar-refractivity contribution in [2.45, 2.75) is 23.8 Å². The van der Waals surface area contributed by atoms with Crippen LogP contribution in [0.4, 0.5) is 0 Å². The van der Waals surface area contributed by atoms with Crippen molar-refractivity contribution in [3.05, 3.63) is 27.7 Å². The second-order valence-electron chi connectivity index (χ2n) is 4.35. The van der Waals surface area contributed by atoms with E-state index in [9.17, 15) is 8.42 Å². The second-order valence-corrected chi connectivity index (χ2v) is 7.24. The predicted octanol–water partition coefficient (Wildman–Crippen LogP) is 2.54. The summed E-state index contributed by atoms with van der Waals surface area (Å²) < 4.78 is 27.5. The number of nitrogens with two attached hydrogens (primary N) is 1. The minimum atomic E-state index is -3.59. The Morgan fingerprint density at radius 3 is 2.63 bits per heavy atom. The molecule has 0 aromatic heterocycles. The van der Waals surface area contributed by atoms with Crippen molar-refractivity contribution < 1.29 is 8.42 Å². The number of benzene rings is 1. The molecule has 2 rings (SSSR count). The molecule has 0 saturated heterocycles. The van der Waals surface area contributed by atoms with Crippen LogP contribution >= 0.6 is 39.9 Å². The molecule has 1 aromatic rings. The molecule has 108 valence electrons. The largest absolute Gasteiger partial charge is 0.329 e. The van der Waals surface area contributed by atoms with Crippen LogP contribution in [-0.4, -0.2) is 21.0 Å². The van der Waals surface area contributed by atoms with Crippen LogP contribution in [0, 0.1) is 5.92 Å². The average Bonchev–Trinajstić information content (AvgIpc) is 3.13. The summed E-state index contributed by atoms with van der Waals surface area (Å²) >= 11 is 9.10. The van der Waals surface area contributed by atoms with E-state index >= 15 is 0 Å². The first-order valence-corrected chi connectivity index (χ1v) is 8.27. The Bertz CT molecular complexity index is 550. The van der Waals surface area contributed by atoms with Gasteiger partial charge >= 0.3 is 0 Å². The Balaban J connectivity index is 0.00000180. The number of nitrogens with one attached hydrogen (secondary N) is 1. The van der Waals surface area contributed by atoms with Gasteiger partial charge in [-0.2, -0.15) is 0 Å². The number of hydrogen-bond acceptors (Lipinski definition) is 3. The highest BCUT2D eigenvalue weighted by molar-refractivity contribution is 9.10. The van der Waals surface area contributed by atoms with E-state index in [0.717, 1.165) is 12.8 Å². The van der Waals surface area contributed by atoms with Crippen LogP contribution in [0.25, 0.3) is 0 Å². The monoisotopic (exact) mass is 388 g/mol. The Morgan fingerprint density at radius 2 is 2.11 bits per heavy atom. The summed E-state index contributed by atoms with van der Waals surface area (Å²) in [7, 11) is -3.59. The number of sulfonamides is 1. The normalized spacial score (nSPS) is 16.8. The maximum atomic E-state index is 12.3. The van der Waals surface area contributed by atoms with Gasteiger partial charge in [0, 0.05) is 12.6 Å². The Labute approximate surface area is 132 Å². The van der Waals surface area contributed by atoms with Gasteiger partial charge in [0.25, 0.3) is 0 Å². The predicted molar refractivity (Wildman–Crippen MR) is 82.3 cm³/mol. The maximum absolute atomic E-state index is 12.3. The van der Waals surface area contributed by atoms with Gasteiger partial charge in [0.05, 0.1) is 14.4 Å².